The predicted molar refractivity (Wildman–Crippen MR) is 62.1 cm³/mol. The van der Waals surface area contributed by atoms with Crippen LogP contribution >= 0.6 is 12.6 Å². The van der Waals surface area contributed by atoms with E-state index in [1.165, 1.54) is 12.8 Å². The van der Waals surface area contributed by atoms with Crippen LogP contribution in [0.1, 0.15) is 40.5 Å². The first kappa shape index (κ1) is 11.4. The topological polar surface area (TPSA) is 26.0 Å². The molecule has 1 aliphatic rings. The summed E-state index contributed by atoms with van der Waals surface area (Å²) >= 11 is 4.64. The lowest BCUT2D eigenvalue weighted by molar-refractivity contribution is 0.166. The van der Waals surface area contributed by atoms with Crippen LogP contribution in [-0.2, 0) is 0 Å². The van der Waals surface area contributed by atoms with Gasteiger partial charge in [0.05, 0.1) is 0 Å². The Bertz CT molecular complexity index is 169. The molecule has 1 aliphatic carbocycles. The third-order valence-corrected chi connectivity index (χ3v) is 4.38. The summed E-state index contributed by atoms with van der Waals surface area (Å²) in [7, 11) is 0. The van der Waals surface area contributed by atoms with E-state index in [0.29, 0.717) is 17.2 Å². The van der Waals surface area contributed by atoms with Crippen molar-refractivity contribution in [1.82, 2.24) is 0 Å². The Balaban J connectivity index is 2.91. The van der Waals surface area contributed by atoms with Crippen molar-refractivity contribution in [2.24, 2.45) is 23.0 Å². The fourth-order valence-electron chi connectivity index (χ4n) is 3.12. The van der Waals surface area contributed by atoms with E-state index in [0.717, 1.165) is 5.92 Å². The molecule has 0 saturated heterocycles. The van der Waals surface area contributed by atoms with Gasteiger partial charge in [-0.2, -0.15) is 12.6 Å². The number of nitrogens with two attached hydrogens (primary N) is 1. The number of thiol groups is 1. The van der Waals surface area contributed by atoms with E-state index in [1.54, 1.807) is 0 Å². The normalized spacial score (nSPS) is 42.7. The highest BCUT2D eigenvalue weighted by Gasteiger charge is 2.48. The quantitative estimate of drug-likeness (QED) is 0.660. The lowest BCUT2D eigenvalue weighted by Crippen LogP contribution is -2.46. The summed E-state index contributed by atoms with van der Waals surface area (Å²) in [5.41, 5.74) is 6.52. The highest BCUT2D eigenvalue weighted by atomic mass is 32.1. The van der Waals surface area contributed by atoms with Crippen LogP contribution in [0.15, 0.2) is 0 Å². The van der Waals surface area contributed by atoms with Gasteiger partial charge in [-0.15, -0.1) is 0 Å². The van der Waals surface area contributed by atoms with E-state index in [4.69, 9.17) is 5.73 Å². The third-order valence-electron chi connectivity index (χ3n) is 3.90. The molecule has 0 heterocycles. The summed E-state index contributed by atoms with van der Waals surface area (Å²) in [6.07, 6.45) is 2.42. The highest BCUT2D eigenvalue weighted by Crippen LogP contribution is 2.50. The van der Waals surface area contributed by atoms with Crippen molar-refractivity contribution >= 4 is 12.6 Å². The minimum Gasteiger partial charge on any atom is -0.327 e. The first-order valence-electron chi connectivity index (χ1n) is 5.35. The maximum absolute atomic E-state index is 6.26. The predicted octanol–water partition coefficient (Wildman–Crippen LogP) is 2.70. The Morgan fingerprint density at radius 1 is 1.38 bits per heavy atom. The van der Waals surface area contributed by atoms with Crippen LogP contribution in [0.25, 0.3) is 0 Å². The Labute approximate surface area is 87.9 Å². The zero-order valence-corrected chi connectivity index (χ0v) is 10.1. The zero-order chi connectivity index (χ0) is 10.2. The standard InChI is InChI=1S/C11H23NS/c1-7(2)11(9(4)13)6-8(3)5-10(11)12/h7-10,13H,5-6,12H2,1-4H3/t8?,9?,10-,11?/m1/s1. The van der Waals surface area contributed by atoms with Crippen LogP contribution in [0, 0.1) is 17.3 Å². The number of rotatable bonds is 2. The van der Waals surface area contributed by atoms with E-state index in [1.807, 2.05) is 0 Å². The molecule has 78 valence electrons. The Hall–Kier alpha value is 0.310. The van der Waals surface area contributed by atoms with Crippen molar-refractivity contribution in [2.75, 3.05) is 0 Å². The molecule has 1 rings (SSSR count). The lowest BCUT2D eigenvalue weighted by atomic mass is 9.70. The van der Waals surface area contributed by atoms with Gasteiger partial charge >= 0.3 is 0 Å². The lowest BCUT2D eigenvalue weighted by Gasteiger charge is -2.41. The zero-order valence-electron chi connectivity index (χ0n) is 9.25. The maximum atomic E-state index is 6.26. The second kappa shape index (κ2) is 3.82. The van der Waals surface area contributed by atoms with E-state index < -0.39 is 0 Å². The first-order chi connectivity index (χ1) is 5.91. The van der Waals surface area contributed by atoms with Gasteiger partial charge in [0.1, 0.15) is 0 Å². The van der Waals surface area contributed by atoms with Crippen molar-refractivity contribution in [3.63, 3.8) is 0 Å². The average Bonchev–Trinajstić information content (AvgIpc) is 2.26. The molecular formula is C11H23NS. The smallest absolute Gasteiger partial charge is 0.0111 e. The average molecular weight is 201 g/mol. The first-order valence-corrected chi connectivity index (χ1v) is 5.86. The van der Waals surface area contributed by atoms with Crippen LogP contribution in [0.2, 0.25) is 0 Å². The summed E-state index contributed by atoms with van der Waals surface area (Å²) in [5, 5.41) is 0.410. The van der Waals surface area contributed by atoms with Gasteiger partial charge in [-0.05, 0) is 30.1 Å². The molecule has 13 heavy (non-hydrogen) atoms. The van der Waals surface area contributed by atoms with E-state index in [2.05, 4.69) is 40.3 Å². The third kappa shape index (κ3) is 1.75. The molecule has 1 nitrogen and oxygen atoms in total. The van der Waals surface area contributed by atoms with Crippen LogP contribution in [0.5, 0.6) is 0 Å². The monoisotopic (exact) mass is 201 g/mol. The van der Waals surface area contributed by atoms with Crippen molar-refractivity contribution in [1.29, 1.82) is 0 Å². The van der Waals surface area contributed by atoms with Gasteiger partial charge in [0.2, 0.25) is 0 Å². The van der Waals surface area contributed by atoms with Gasteiger partial charge in [0.25, 0.3) is 0 Å². The van der Waals surface area contributed by atoms with Crippen LogP contribution in [0.4, 0.5) is 0 Å². The fraction of sp³-hybridized carbons (Fsp3) is 1.00. The van der Waals surface area contributed by atoms with Gasteiger partial charge in [-0.25, -0.2) is 0 Å². The van der Waals surface area contributed by atoms with Gasteiger partial charge in [0, 0.05) is 11.3 Å². The molecular weight excluding hydrogens is 178 g/mol. The molecule has 1 fully saturated rings. The molecule has 0 aliphatic heterocycles. The van der Waals surface area contributed by atoms with Crippen LogP contribution < -0.4 is 5.73 Å². The molecule has 0 aromatic rings. The van der Waals surface area contributed by atoms with Crippen molar-refractivity contribution in [3.05, 3.63) is 0 Å². The summed E-state index contributed by atoms with van der Waals surface area (Å²) in [5.74, 6) is 1.41. The minimum absolute atomic E-state index is 0.266. The molecule has 0 spiro atoms. The summed E-state index contributed by atoms with van der Waals surface area (Å²) in [4.78, 5) is 0. The molecule has 0 aromatic heterocycles. The minimum atomic E-state index is 0.266. The van der Waals surface area contributed by atoms with Crippen LogP contribution in [-0.4, -0.2) is 11.3 Å². The maximum Gasteiger partial charge on any atom is 0.0111 e. The van der Waals surface area contributed by atoms with E-state index >= 15 is 0 Å². The Kier molecular flexibility index (Phi) is 3.34. The summed E-state index contributed by atoms with van der Waals surface area (Å²) in [6, 6.07) is 0.343. The second-order valence-electron chi connectivity index (χ2n) is 5.09. The SMILES string of the molecule is CC1C[C@@H](N)C(C(C)C)(C(C)S)C1. The van der Waals surface area contributed by atoms with Crippen LogP contribution in [0.3, 0.4) is 0 Å². The van der Waals surface area contributed by atoms with Crippen molar-refractivity contribution < 1.29 is 0 Å². The van der Waals surface area contributed by atoms with Gasteiger partial charge in [0.15, 0.2) is 0 Å². The summed E-state index contributed by atoms with van der Waals surface area (Å²) < 4.78 is 0. The van der Waals surface area contributed by atoms with Crippen molar-refractivity contribution in [3.8, 4) is 0 Å². The highest BCUT2D eigenvalue weighted by molar-refractivity contribution is 7.81. The second-order valence-corrected chi connectivity index (χ2v) is 5.87. The van der Waals surface area contributed by atoms with Gasteiger partial charge < -0.3 is 5.73 Å². The number of hydrogen-bond acceptors (Lipinski definition) is 2. The van der Waals surface area contributed by atoms with Gasteiger partial charge in [-0.3, -0.25) is 0 Å². The number of hydrogen-bond donors (Lipinski definition) is 2. The molecule has 1 saturated carbocycles. The van der Waals surface area contributed by atoms with E-state index in [-0.39, 0.29) is 5.41 Å². The molecule has 0 amide bonds. The molecule has 3 unspecified atom stereocenters. The molecule has 0 bridgehead atoms. The molecule has 0 radical (unpaired) electrons. The van der Waals surface area contributed by atoms with Gasteiger partial charge in [-0.1, -0.05) is 27.7 Å². The molecule has 2 N–H and O–H groups in total. The van der Waals surface area contributed by atoms with E-state index in [9.17, 15) is 0 Å². The summed E-state index contributed by atoms with van der Waals surface area (Å²) in [6.45, 7) is 9.07. The molecule has 4 atom stereocenters. The Morgan fingerprint density at radius 2 is 1.92 bits per heavy atom. The largest absolute Gasteiger partial charge is 0.327 e. The molecule has 0 aromatic carbocycles. The molecule has 2 heteroatoms. The fourth-order valence-corrected chi connectivity index (χ4v) is 3.71. The Morgan fingerprint density at radius 3 is 2.08 bits per heavy atom. The van der Waals surface area contributed by atoms with Crippen molar-refractivity contribution in [2.45, 2.75) is 51.8 Å².